The van der Waals surface area contributed by atoms with Crippen LogP contribution in [0.5, 0.6) is 0 Å². The van der Waals surface area contributed by atoms with Crippen molar-refractivity contribution in [2.75, 3.05) is 0 Å². The van der Waals surface area contributed by atoms with E-state index in [-0.39, 0.29) is 5.69 Å². The number of esters is 1. The highest BCUT2D eigenvalue weighted by atomic mass is 32.1. The molecule has 0 aliphatic rings. The number of ether oxygens (including phenoxy) is 1. The summed E-state index contributed by atoms with van der Waals surface area (Å²) in [6.45, 7) is 0. The van der Waals surface area contributed by atoms with Crippen LogP contribution in [-0.2, 0) is 4.74 Å². The second kappa shape index (κ2) is 7.71. The molecule has 0 unspecified atom stereocenters. The van der Waals surface area contributed by atoms with Gasteiger partial charge in [0.2, 0.25) is 5.78 Å². The van der Waals surface area contributed by atoms with Gasteiger partial charge in [0, 0.05) is 23.3 Å². The Morgan fingerprint density at radius 3 is 2.23 bits per heavy atom. The summed E-state index contributed by atoms with van der Waals surface area (Å²) in [5, 5.41) is 12.6. The summed E-state index contributed by atoms with van der Waals surface area (Å²) >= 11 is 1.21. The van der Waals surface area contributed by atoms with Crippen molar-refractivity contribution >= 4 is 28.8 Å². The molecule has 0 fully saturated rings. The SMILES string of the molecule is O=C(O[C@H](C(=O)c1ccccc1)c1ccc([N+](=O)[O-])cc1)c1cccs1. The molecule has 0 aliphatic carbocycles. The van der Waals surface area contributed by atoms with Gasteiger partial charge in [0.1, 0.15) is 4.88 Å². The minimum absolute atomic E-state index is 0.107. The Kier molecular flexibility index (Phi) is 5.19. The van der Waals surface area contributed by atoms with E-state index in [2.05, 4.69) is 0 Å². The van der Waals surface area contributed by atoms with E-state index in [0.717, 1.165) is 0 Å². The molecule has 0 saturated heterocycles. The first-order chi connectivity index (χ1) is 12.6. The van der Waals surface area contributed by atoms with E-state index >= 15 is 0 Å². The first kappa shape index (κ1) is 17.5. The fourth-order valence-corrected chi connectivity index (χ4v) is 2.96. The molecule has 1 atom stereocenters. The molecule has 3 aromatic rings. The predicted molar refractivity (Wildman–Crippen MR) is 96.3 cm³/mol. The van der Waals surface area contributed by atoms with E-state index in [4.69, 9.17) is 4.74 Å². The van der Waals surface area contributed by atoms with Gasteiger partial charge in [-0.05, 0) is 23.6 Å². The summed E-state index contributed by atoms with van der Waals surface area (Å²) < 4.78 is 5.45. The Labute approximate surface area is 152 Å². The molecule has 1 aromatic heterocycles. The number of carbonyl (C=O) groups is 2. The fourth-order valence-electron chi connectivity index (χ4n) is 2.36. The number of Topliss-reactive ketones (excluding diaryl/α,β-unsaturated/α-hetero) is 1. The van der Waals surface area contributed by atoms with Gasteiger partial charge in [-0.15, -0.1) is 11.3 Å². The van der Waals surface area contributed by atoms with Crippen molar-refractivity contribution in [3.8, 4) is 0 Å². The number of hydrogen-bond donors (Lipinski definition) is 0. The summed E-state index contributed by atoms with van der Waals surface area (Å²) in [5.74, 6) is -1.02. The van der Waals surface area contributed by atoms with Gasteiger partial charge < -0.3 is 4.74 Å². The third kappa shape index (κ3) is 3.84. The average molecular weight is 367 g/mol. The van der Waals surface area contributed by atoms with Crippen molar-refractivity contribution in [2.45, 2.75) is 6.10 Å². The highest BCUT2D eigenvalue weighted by Gasteiger charge is 2.27. The monoisotopic (exact) mass is 367 g/mol. The number of ketones is 1. The smallest absolute Gasteiger partial charge is 0.349 e. The third-order valence-corrected chi connectivity index (χ3v) is 4.50. The van der Waals surface area contributed by atoms with Gasteiger partial charge in [-0.2, -0.15) is 0 Å². The quantitative estimate of drug-likeness (QED) is 0.278. The van der Waals surface area contributed by atoms with Gasteiger partial charge in [-0.25, -0.2) is 4.79 Å². The van der Waals surface area contributed by atoms with Crippen LogP contribution < -0.4 is 0 Å². The Morgan fingerprint density at radius 1 is 0.962 bits per heavy atom. The number of nitro benzene ring substituents is 1. The first-order valence-electron chi connectivity index (χ1n) is 7.64. The Morgan fingerprint density at radius 2 is 1.65 bits per heavy atom. The molecular weight excluding hydrogens is 354 g/mol. The van der Waals surface area contributed by atoms with E-state index in [1.54, 1.807) is 47.8 Å². The van der Waals surface area contributed by atoms with Crippen LogP contribution in [0, 0.1) is 10.1 Å². The van der Waals surface area contributed by atoms with E-state index in [9.17, 15) is 19.7 Å². The molecule has 0 spiro atoms. The summed E-state index contributed by atoms with van der Waals surface area (Å²) in [6, 6.07) is 17.2. The largest absolute Gasteiger partial charge is 0.445 e. The van der Waals surface area contributed by atoms with Crippen LogP contribution in [0.2, 0.25) is 0 Å². The lowest BCUT2D eigenvalue weighted by Gasteiger charge is -2.17. The lowest BCUT2D eigenvalue weighted by Crippen LogP contribution is -2.20. The number of nitro groups is 1. The zero-order chi connectivity index (χ0) is 18.5. The number of non-ortho nitro benzene ring substituents is 1. The van der Waals surface area contributed by atoms with Crippen molar-refractivity contribution in [1.82, 2.24) is 0 Å². The lowest BCUT2D eigenvalue weighted by molar-refractivity contribution is -0.384. The molecule has 0 aliphatic heterocycles. The number of nitrogens with zero attached hydrogens (tertiary/aromatic N) is 1. The van der Waals surface area contributed by atoms with Crippen molar-refractivity contribution in [3.05, 3.63) is 98.2 Å². The second-order valence-electron chi connectivity index (χ2n) is 5.34. The zero-order valence-electron chi connectivity index (χ0n) is 13.4. The van der Waals surface area contributed by atoms with Crippen molar-refractivity contribution in [1.29, 1.82) is 0 Å². The molecule has 0 saturated carbocycles. The third-order valence-electron chi connectivity index (χ3n) is 3.65. The maximum absolute atomic E-state index is 12.9. The Hall–Kier alpha value is -3.32. The molecular formula is C19H13NO5S. The molecule has 2 aromatic carbocycles. The van der Waals surface area contributed by atoms with Gasteiger partial charge in [-0.1, -0.05) is 36.4 Å². The summed E-state index contributed by atoms with van der Waals surface area (Å²) in [6.07, 6.45) is -1.19. The Balaban J connectivity index is 1.94. The molecule has 7 heteroatoms. The molecule has 3 rings (SSSR count). The van der Waals surface area contributed by atoms with E-state index in [1.165, 1.54) is 35.6 Å². The van der Waals surface area contributed by atoms with Crippen molar-refractivity contribution in [3.63, 3.8) is 0 Å². The van der Waals surface area contributed by atoms with E-state index < -0.39 is 22.8 Å². The summed E-state index contributed by atoms with van der Waals surface area (Å²) in [4.78, 5) is 35.9. The van der Waals surface area contributed by atoms with Gasteiger partial charge >= 0.3 is 5.97 Å². The average Bonchev–Trinajstić information content (AvgIpc) is 3.21. The number of hydrogen-bond acceptors (Lipinski definition) is 6. The molecule has 0 amide bonds. The molecule has 0 N–H and O–H groups in total. The van der Waals surface area contributed by atoms with Crippen LogP contribution in [0.4, 0.5) is 5.69 Å². The maximum Gasteiger partial charge on any atom is 0.349 e. The summed E-state index contributed by atoms with van der Waals surface area (Å²) in [5.41, 5.74) is 0.647. The van der Waals surface area contributed by atoms with E-state index in [0.29, 0.717) is 16.0 Å². The zero-order valence-corrected chi connectivity index (χ0v) is 14.2. The van der Waals surface area contributed by atoms with Gasteiger partial charge in [0.15, 0.2) is 6.10 Å². The number of thiophene rings is 1. The number of benzene rings is 2. The molecule has 0 bridgehead atoms. The maximum atomic E-state index is 12.9. The molecule has 0 radical (unpaired) electrons. The van der Waals surface area contributed by atoms with Crippen LogP contribution >= 0.6 is 11.3 Å². The predicted octanol–water partition coefficient (Wildman–Crippen LogP) is 4.44. The molecule has 1 heterocycles. The standard InChI is InChI=1S/C19H13NO5S/c21-17(13-5-2-1-3-6-13)18(25-19(22)16-7-4-12-26-16)14-8-10-15(11-9-14)20(23)24/h1-12,18H/t18-/m0/s1. The summed E-state index contributed by atoms with van der Waals surface area (Å²) in [7, 11) is 0. The van der Waals surface area contributed by atoms with Crippen LogP contribution in [0.3, 0.4) is 0 Å². The van der Waals surface area contributed by atoms with Crippen LogP contribution in [0.25, 0.3) is 0 Å². The van der Waals surface area contributed by atoms with Crippen molar-refractivity contribution in [2.24, 2.45) is 0 Å². The van der Waals surface area contributed by atoms with Crippen LogP contribution in [0.15, 0.2) is 72.1 Å². The first-order valence-corrected chi connectivity index (χ1v) is 8.52. The molecule has 26 heavy (non-hydrogen) atoms. The van der Waals surface area contributed by atoms with E-state index in [1.807, 2.05) is 0 Å². The van der Waals surface area contributed by atoms with Gasteiger partial charge in [0.25, 0.3) is 5.69 Å². The fraction of sp³-hybridized carbons (Fsp3) is 0.0526. The van der Waals surface area contributed by atoms with Crippen LogP contribution in [-0.4, -0.2) is 16.7 Å². The Bertz CT molecular complexity index is 920. The lowest BCUT2D eigenvalue weighted by atomic mass is 9.99. The van der Waals surface area contributed by atoms with Gasteiger partial charge in [-0.3, -0.25) is 14.9 Å². The number of carbonyl (C=O) groups excluding carboxylic acids is 2. The van der Waals surface area contributed by atoms with Gasteiger partial charge in [0.05, 0.1) is 4.92 Å². The minimum Gasteiger partial charge on any atom is -0.445 e. The normalized spacial score (nSPS) is 11.5. The van der Waals surface area contributed by atoms with Crippen molar-refractivity contribution < 1.29 is 19.2 Å². The molecule has 130 valence electrons. The highest BCUT2D eigenvalue weighted by Crippen LogP contribution is 2.26. The topological polar surface area (TPSA) is 86.5 Å². The minimum atomic E-state index is -1.19. The highest BCUT2D eigenvalue weighted by molar-refractivity contribution is 7.11. The van der Waals surface area contributed by atoms with Crippen LogP contribution in [0.1, 0.15) is 31.7 Å². The molecule has 6 nitrogen and oxygen atoms in total. The second-order valence-corrected chi connectivity index (χ2v) is 6.29. The number of rotatable bonds is 6.